The van der Waals surface area contributed by atoms with Crippen LogP contribution >= 0.6 is 22.9 Å². The summed E-state index contributed by atoms with van der Waals surface area (Å²) in [5.74, 6) is -0.916. The Morgan fingerprint density at radius 3 is 2.56 bits per heavy atom. The van der Waals surface area contributed by atoms with Gasteiger partial charge in [0.25, 0.3) is 11.6 Å². The summed E-state index contributed by atoms with van der Waals surface area (Å²) in [6.07, 6.45) is 0. The fourth-order valence-electron chi connectivity index (χ4n) is 2.49. The summed E-state index contributed by atoms with van der Waals surface area (Å²) in [7, 11) is 1.68. The highest BCUT2D eigenvalue weighted by molar-refractivity contribution is 7.09. The number of amides is 2. The Morgan fingerprint density at radius 1 is 1.33 bits per heavy atom. The Hall–Kier alpha value is -2.45. The van der Waals surface area contributed by atoms with E-state index in [0.29, 0.717) is 6.54 Å². The van der Waals surface area contributed by atoms with Crippen LogP contribution in [0.25, 0.3) is 0 Å². The number of carbonyl (C=O) groups excluding carboxylic acids is 2. The molecule has 27 heavy (non-hydrogen) atoms. The predicted octanol–water partition coefficient (Wildman–Crippen LogP) is 3.72. The van der Waals surface area contributed by atoms with Crippen LogP contribution in [0.5, 0.6) is 0 Å². The Kier molecular flexibility index (Phi) is 6.92. The van der Waals surface area contributed by atoms with Crippen molar-refractivity contribution in [2.24, 2.45) is 5.92 Å². The van der Waals surface area contributed by atoms with Crippen LogP contribution in [-0.4, -0.2) is 34.7 Å². The van der Waals surface area contributed by atoms with Crippen molar-refractivity contribution in [3.8, 4) is 0 Å². The second kappa shape index (κ2) is 8.96. The van der Waals surface area contributed by atoms with Crippen LogP contribution in [0.1, 0.15) is 29.1 Å². The third-order valence-corrected chi connectivity index (χ3v) is 5.15. The molecule has 0 spiro atoms. The SMILES string of the molecule is CC(C)C(NC(=O)c1ccc([N+](=O)[O-])cc1Cl)C(=O)N(C)Cc1cccs1. The maximum absolute atomic E-state index is 12.8. The number of thiophene rings is 1. The lowest BCUT2D eigenvalue weighted by Crippen LogP contribution is -2.50. The summed E-state index contributed by atoms with van der Waals surface area (Å²) < 4.78 is 0. The van der Waals surface area contributed by atoms with Gasteiger partial charge in [-0.05, 0) is 23.4 Å². The molecule has 0 bridgehead atoms. The molecule has 0 aliphatic carbocycles. The third kappa shape index (κ3) is 5.27. The highest BCUT2D eigenvalue weighted by atomic mass is 35.5. The fourth-order valence-corrected chi connectivity index (χ4v) is 3.50. The van der Waals surface area contributed by atoms with Gasteiger partial charge in [-0.3, -0.25) is 19.7 Å². The van der Waals surface area contributed by atoms with E-state index in [2.05, 4.69) is 5.32 Å². The van der Waals surface area contributed by atoms with Crippen molar-refractivity contribution < 1.29 is 14.5 Å². The summed E-state index contributed by atoms with van der Waals surface area (Å²) in [6, 6.07) is 6.72. The number of rotatable bonds is 7. The Morgan fingerprint density at radius 2 is 2.04 bits per heavy atom. The van der Waals surface area contributed by atoms with Crippen molar-refractivity contribution in [3.63, 3.8) is 0 Å². The number of halogens is 1. The van der Waals surface area contributed by atoms with E-state index in [1.807, 2.05) is 31.4 Å². The molecule has 0 fully saturated rings. The van der Waals surface area contributed by atoms with Crippen LogP contribution in [0.4, 0.5) is 5.69 Å². The van der Waals surface area contributed by atoms with Gasteiger partial charge >= 0.3 is 0 Å². The molecule has 0 radical (unpaired) electrons. The van der Waals surface area contributed by atoms with Gasteiger partial charge in [-0.15, -0.1) is 11.3 Å². The number of hydrogen-bond donors (Lipinski definition) is 1. The van der Waals surface area contributed by atoms with E-state index in [1.54, 1.807) is 23.3 Å². The minimum atomic E-state index is -0.742. The van der Waals surface area contributed by atoms with Gasteiger partial charge in [0.05, 0.1) is 22.1 Å². The van der Waals surface area contributed by atoms with Crippen molar-refractivity contribution in [1.82, 2.24) is 10.2 Å². The summed E-state index contributed by atoms with van der Waals surface area (Å²) >= 11 is 7.56. The minimum Gasteiger partial charge on any atom is -0.340 e. The van der Waals surface area contributed by atoms with Gasteiger partial charge in [0, 0.05) is 24.1 Å². The Labute approximate surface area is 166 Å². The zero-order chi connectivity index (χ0) is 20.1. The van der Waals surface area contributed by atoms with Gasteiger partial charge in [0.2, 0.25) is 5.91 Å². The molecule has 0 aliphatic rings. The van der Waals surface area contributed by atoms with E-state index < -0.39 is 16.9 Å². The molecule has 7 nitrogen and oxygen atoms in total. The average Bonchev–Trinajstić information content (AvgIpc) is 3.11. The monoisotopic (exact) mass is 409 g/mol. The standard InChI is InChI=1S/C18H20ClN3O4S/c1-11(2)16(18(24)21(3)10-13-5-4-8-27-13)20-17(23)14-7-6-12(22(25)26)9-15(14)19/h4-9,11,16H,10H2,1-3H3,(H,20,23). The molecular formula is C18H20ClN3O4S. The lowest BCUT2D eigenvalue weighted by Gasteiger charge is -2.27. The number of benzene rings is 1. The molecule has 0 saturated carbocycles. The van der Waals surface area contributed by atoms with Gasteiger partial charge in [-0.25, -0.2) is 0 Å². The predicted molar refractivity (Wildman–Crippen MR) is 105 cm³/mol. The second-order valence-electron chi connectivity index (χ2n) is 6.39. The first-order valence-corrected chi connectivity index (χ1v) is 9.48. The highest BCUT2D eigenvalue weighted by Gasteiger charge is 2.28. The summed E-state index contributed by atoms with van der Waals surface area (Å²) in [6.45, 7) is 4.12. The zero-order valence-electron chi connectivity index (χ0n) is 15.1. The Bertz CT molecular complexity index is 839. The van der Waals surface area contributed by atoms with Crippen molar-refractivity contribution in [2.45, 2.75) is 26.4 Å². The molecule has 1 aromatic heterocycles. The molecule has 1 N–H and O–H groups in total. The first kappa shape index (κ1) is 20.9. The van der Waals surface area contributed by atoms with E-state index in [-0.39, 0.29) is 28.1 Å². The first-order valence-electron chi connectivity index (χ1n) is 8.23. The molecule has 2 amide bonds. The zero-order valence-corrected chi connectivity index (χ0v) is 16.7. The van der Waals surface area contributed by atoms with Crippen LogP contribution in [0, 0.1) is 16.0 Å². The van der Waals surface area contributed by atoms with Crippen LogP contribution in [0.15, 0.2) is 35.7 Å². The lowest BCUT2D eigenvalue weighted by atomic mass is 10.0. The minimum absolute atomic E-state index is 0.0383. The fraction of sp³-hybridized carbons (Fsp3) is 0.333. The smallest absolute Gasteiger partial charge is 0.270 e. The molecule has 0 aliphatic heterocycles. The molecule has 1 atom stereocenters. The average molecular weight is 410 g/mol. The van der Waals surface area contributed by atoms with Gasteiger partial charge < -0.3 is 10.2 Å². The van der Waals surface area contributed by atoms with Crippen LogP contribution in [0.3, 0.4) is 0 Å². The summed E-state index contributed by atoms with van der Waals surface area (Å²) in [5.41, 5.74) is -0.120. The van der Waals surface area contributed by atoms with E-state index in [0.717, 1.165) is 10.9 Å². The van der Waals surface area contributed by atoms with Crippen molar-refractivity contribution >= 4 is 40.4 Å². The van der Waals surface area contributed by atoms with E-state index in [9.17, 15) is 19.7 Å². The van der Waals surface area contributed by atoms with Crippen LogP contribution in [0.2, 0.25) is 5.02 Å². The van der Waals surface area contributed by atoms with Gasteiger partial charge in [0.1, 0.15) is 6.04 Å². The number of nitrogens with one attached hydrogen (secondary N) is 1. The topological polar surface area (TPSA) is 92.5 Å². The van der Waals surface area contributed by atoms with Crippen molar-refractivity contribution in [2.75, 3.05) is 7.05 Å². The highest BCUT2D eigenvalue weighted by Crippen LogP contribution is 2.23. The number of hydrogen-bond acceptors (Lipinski definition) is 5. The number of carbonyl (C=O) groups is 2. The molecule has 0 saturated heterocycles. The van der Waals surface area contributed by atoms with Gasteiger partial charge in [0.15, 0.2) is 0 Å². The lowest BCUT2D eigenvalue weighted by molar-refractivity contribution is -0.384. The van der Waals surface area contributed by atoms with Gasteiger partial charge in [-0.1, -0.05) is 31.5 Å². The largest absolute Gasteiger partial charge is 0.340 e. The van der Waals surface area contributed by atoms with Crippen molar-refractivity contribution in [3.05, 3.63) is 61.3 Å². The number of nitro benzene ring substituents is 1. The molecule has 1 unspecified atom stereocenters. The quantitative estimate of drug-likeness (QED) is 0.557. The van der Waals surface area contributed by atoms with Crippen LogP contribution < -0.4 is 5.32 Å². The number of nitro groups is 1. The van der Waals surface area contributed by atoms with Crippen molar-refractivity contribution in [1.29, 1.82) is 0 Å². The number of likely N-dealkylation sites (N-methyl/N-ethyl adjacent to an activating group) is 1. The van der Waals surface area contributed by atoms with Gasteiger partial charge in [-0.2, -0.15) is 0 Å². The molecule has 9 heteroatoms. The molecule has 1 heterocycles. The molecular weight excluding hydrogens is 390 g/mol. The maximum atomic E-state index is 12.8. The van der Waals surface area contributed by atoms with E-state index in [1.165, 1.54) is 12.1 Å². The third-order valence-electron chi connectivity index (χ3n) is 3.98. The molecule has 2 aromatic rings. The van der Waals surface area contributed by atoms with E-state index in [4.69, 9.17) is 11.6 Å². The normalized spacial score (nSPS) is 11.9. The second-order valence-corrected chi connectivity index (χ2v) is 7.83. The molecule has 144 valence electrons. The van der Waals surface area contributed by atoms with E-state index >= 15 is 0 Å². The Balaban J connectivity index is 2.14. The number of nitrogens with zero attached hydrogens (tertiary/aromatic N) is 2. The molecule has 2 rings (SSSR count). The number of non-ortho nitro benzene ring substituents is 1. The maximum Gasteiger partial charge on any atom is 0.270 e. The first-order chi connectivity index (χ1) is 12.7. The summed E-state index contributed by atoms with van der Waals surface area (Å²) in [4.78, 5) is 38.2. The molecule has 1 aromatic carbocycles. The van der Waals surface area contributed by atoms with Crippen LogP contribution in [-0.2, 0) is 11.3 Å². The summed E-state index contributed by atoms with van der Waals surface area (Å²) in [5, 5.41) is 15.4.